The van der Waals surface area contributed by atoms with Crippen LogP contribution in [0.1, 0.15) is 40.0 Å². The third kappa shape index (κ3) is 5.78. The highest BCUT2D eigenvalue weighted by Crippen LogP contribution is 2.11. The van der Waals surface area contributed by atoms with Crippen molar-refractivity contribution in [3.8, 4) is 0 Å². The standard InChI is InChI=1S/C14H28N2O3/c1-4-19-13(11(2)3)7-8-15-14(18)16-9-5-6-12(17)10-16/h11-13,17H,4-10H2,1-3H3,(H,15,18)/t12-,13+/m1/s1. The molecule has 1 aliphatic rings. The Bertz CT molecular complexity index is 271. The molecule has 0 aromatic rings. The van der Waals surface area contributed by atoms with E-state index in [0.29, 0.717) is 25.6 Å². The number of nitrogens with one attached hydrogen (secondary N) is 1. The van der Waals surface area contributed by atoms with Gasteiger partial charge in [-0.2, -0.15) is 0 Å². The highest BCUT2D eigenvalue weighted by atomic mass is 16.5. The van der Waals surface area contributed by atoms with Crippen LogP contribution in [0.4, 0.5) is 4.79 Å². The van der Waals surface area contributed by atoms with E-state index in [1.165, 1.54) is 0 Å². The fraction of sp³-hybridized carbons (Fsp3) is 0.929. The molecule has 0 bridgehead atoms. The normalized spacial score (nSPS) is 21.5. The predicted molar refractivity (Wildman–Crippen MR) is 75.1 cm³/mol. The Hall–Kier alpha value is -0.810. The zero-order chi connectivity index (χ0) is 14.3. The summed E-state index contributed by atoms with van der Waals surface area (Å²) < 4.78 is 5.64. The Morgan fingerprint density at radius 1 is 1.53 bits per heavy atom. The molecule has 2 N–H and O–H groups in total. The van der Waals surface area contributed by atoms with Crippen molar-refractivity contribution in [1.29, 1.82) is 0 Å². The summed E-state index contributed by atoms with van der Waals surface area (Å²) in [6.45, 7) is 8.76. The molecule has 0 aromatic carbocycles. The van der Waals surface area contributed by atoms with Crippen LogP contribution in [-0.2, 0) is 4.74 Å². The Morgan fingerprint density at radius 2 is 2.26 bits per heavy atom. The van der Waals surface area contributed by atoms with Crippen molar-refractivity contribution in [3.63, 3.8) is 0 Å². The average molecular weight is 272 g/mol. The molecule has 0 radical (unpaired) electrons. The zero-order valence-electron chi connectivity index (χ0n) is 12.4. The lowest BCUT2D eigenvalue weighted by Crippen LogP contribution is -2.47. The number of urea groups is 1. The summed E-state index contributed by atoms with van der Waals surface area (Å²) in [5, 5.41) is 12.5. The summed E-state index contributed by atoms with van der Waals surface area (Å²) in [4.78, 5) is 13.6. The van der Waals surface area contributed by atoms with Crippen molar-refractivity contribution in [1.82, 2.24) is 10.2 Å². The Balaban J connectivity index is 2.25. The minimum absolute atomic E-state index is 0.0715. The van der Waals surface area contributed by atoms with Crippen molar-refractivity contribution in [2.75, 3.05) is 26.2 Å². The molecule has 2 atom stereocenters. The SMILES string of the molecule is CCO[C@@H](CCNC(=O)N1CCC[C@@H](O)C1)C(C)C. The quantitative estimate of drug-likeness (QED) is 0.772. The van der Waals surface area contributed by atoms with Gasteiger partial charge in [0.05, 0.1) is 12.2 Å². The Kier molecular flexibility index (Phi) is 7.16. The summed E-state index contributed by atoms with van der Waals surface area (Å²) in [6.07, 6.45) is 2.32. The van der Waals surface area contributed by atoms with Crippen LogP contribution in [0.2, 0.25) is 0 Å². The average Bonchev–Trinajstić information content (AvgIpc) is 2.37. The fourth-order valence-electron chi connectivity index (χ4n) is 2.40. The molecule has 2 amide bonds. The van der Waals surface area contributed by atoms with Gasteiger partial charge in [0.25, 0.3) is 0 Å². The fourth-order valence-corrected chi connectivity index (χ4v) is 2.40. The first-order chi connectivity index (χ1) is 9.04. The maximum Gasteiger partial charge on any atom is 0.317 e. The van der Waals surface area contributed by atoms with Crippen molar-refractivity contribution >= 4 is 6.03 Å². The van der Waals surface area contributed by atoms with Crippen LogP contribution in [0.25, 0.3) is 0 Å². The van der Waals surface area contributed by atoms with Crippen LogP contribution in [-0.4, -0.2) is 54.5 Å². The summed E-state index contributed by atoms with van der Waals surface area (Å²) in [6, 6.07) is -0.0715. The smallest absolute Gasteiger partial charge is 0.317 e. The van der Waals surface area contributed by atoms with E-state index in [1.54, 1.807) is 4.90 Å². The molecule has 112 valence electrons. The van der Waals surface area contributed by atoms with Gasteiger partial charge < -0.3 is 20.1 Å². The van der Waals surface area contributed by atoms with Crippen molar-refractivity contribution in [2.24, 2.45) is 5.92 Å². The van der Waals surface area contributed by atoms with E-state index >= 15 is 0 Å². The maximum atomic E-state index is 11.9. The summed E-state index contributed by atoms with van der Waals surface area (Å²) >= 11 is 0. The number of aliphatic hydroxyl groups excluding tert-OH is 1. The third-order valence-corrected chi connectivity index (χ3v) is 3.51. The molecule has 0 saturated carbocycles. The number of carbonyl (C=O) groups excluding carboxylic acids is 1. The van der Waals surface area contributed by atoms with Crippen LogP contribution in [0.3, 0.4) is 0 Å². The number of hydrogen-bond donors (Lipinski definition) is 2. The number of likely N-dealkylation sites (tertiary alicyclic amines) is 1. The molecule has 0 aromatic heterocycles. The molecule has 0 unspecified atom stereocenters. The number of aliphatic hydroxyl groups is 1. The van der Waals surface area contributed by atoms with E-state index in [1.807, 2.05) is 6.92 Å². The third-order valence-electron chi connectivity index (χ3n) is 3.51. The van der Waals surface area contributed by atoms with Crippen molar-refractivity contribution < 1.29 is 14.6 Å². The minimum atomic E-state index is -0.369. The number of amides is 2. The Labute approximate surface area is 116 Å². The molecular formula is C14H28N2O3. The van der Waals surface area contributed by atoms with Gasteiger partial charge in [0.15, 0.2) is 0 Å². The van der Waals surface area contributed by atoms with Crippen LogP contribution < -0.4 is 5.32 Å². The maximum absolute atomic E-state index is 11.9. The highest BCUT2D eigenvalue weighted by molar-refractivity contribution is 5.74. The molecule has 1 saturated heterocycles. The predicted octanol–water partition coefficient (Wildman–Crippen LogP) is 1.60. The molecule has 0 aliphatic carbocycles. The number of nitrogens with zero attached hydrogens (tertiary/aromatic N) is 1. The summed E-state index contributed by atoms with van der Waals surface area (Å²) in [7, 11) is 0. The second-order valence-electron chi connectivity index (χ2n) is 5.50. The highest BCUT2D eigenvalue weighted by Gasteiger charge is 2.22. The molecule has 1 heterocycles. The van der Waals surface area contributed by atoms with Crippen LogP contribution in [0, 0.1) is 5.92 Å². The van der Waals surface area contributed by atoms with Gasteiger partial charge in [-0.05, 0) is 32.1 Å². The number of rotatable bonds is 6. The molecular weight excluding hydrogens is 244 g/mol. The van der Waals surface area contributed by atoms with E-state index in [2.05, 4.69) is 19.2 Å². The van der Waals surface area contributed by atoms with Gasteiger partial charge in [0, 0.05) is 26.2 Å². The van der Waals surface area contributed by atoms with E-state index in [9.17, 15) is 9.90 Å². The van der Waals surface area contributed by atoms with Gasteiger partial charge in [-0.3, -0.25) is 0 Å². The number of ether oxygens (including phenoxy) is 1. The zero-order valence-corrected chi connectivity index (χ0v) is 12.4. The lowest BCUT2D eigenvalue weighted by molar-refractivity contribution is 0.0250. The molecule has 1 aliphatic heterocycles. The Morgan fingerprint density at radius 3 is 2.84 bits per heavy atom. The molecule has 0 spiro atoms. The molecule has 5 nitrogen and oxygen atoms in total. The number of hydrogen-bond acceptors (Lipinski definition) is 3. The first-order valence-corrected chi connectivity index (χ1v) is 7.37. The van der Waals surface area contributed by atoms with Crippen molar-refractivity contribution in [2.45, 2.75) is 52.2 Å². The van der Waals surface area contributed by atoms with Gasteiger partial charge in [-0.15, -0.1) is 0 Å². The number of piperidine rings is 1. The summed E-state index contributed by atoms with van der Waals surface area (Å²) in [5.74, 6) is 0.452. The molecule has 1 fully saturated rings. The van der Waals surface area contributed by atoms with Crippen LogP contribution in [0.5, 0.6) is 0 Å². The molecule has 19 heavy (non-hydrogen) atoms. The number of carbonyl (C=O) groups is 1. The lowest BCUT2D eigenvalue weighted by atomic mass is 10.0. The van der Waals surface area contributed by atoms with Gasteiger partial charge in [-0.1, -0.05) is 13.8 Å². The van der Waals surface area contributed by atoms with Crippen molar-refractivity contribution in [3.05, 3.63) is 0 Å². The molecule has 1 rings (SSSR count). The van der Waals surface area contributed by atoms with E-state index < -0.39 is 0 Å². The largest absolute Gasteiger partial charge is 0.391 e. The lowest BCUT2D eigenvalue weighted by Gasteiger charge is -2.30. The number of β-amino-alcohol motifs (C(OH)–C–C–N with tert-alkyl or cyclic N) is 1. The van der Waals surface area contributed by atoms with Crippen LogP contribution in [0.15, 0.2) is 0 Å². The van der Waals surface area contributed by atoms with Gasteiger partial charge >= 0.3 is 6.03 Å². The summed E-state index contributed by atoms with van der Waals surface area (Å²) in [5.41, 5.74) is 0. The van der Waals surface area contributed by atoms with Gasteiger partial charge in [-0.25, -0.2) is 4.79 Å². The second-order valence-corrected chi connectivity index (χ2v) is 5.50. The van der Waals surface area contributed by atoms with Crippen LogP contribution >= 0.6 is 0 Å². The minimum Gasteiger partial charge on any atom is -0.391 e. The van der Waals surface area contributed by atoms with E-state index in [-0.39, 0.29) is 18.2 Å². The van der Waals surface area contributed by atoms with Gasteiger partial charge in [0.1, 0.15) is 0 Å². The first-order valence-electron chi connectivity index (χ1n) is 7.37. The monoisotopic (exact) mass is 272 g/mol. The van der Waals surface area contributed by atoms with E-state index in [4.69, 9.17) is 4.74 Å². The first kappa shape index (κ1) is 16.2. The van der Waals surface area contributed by atoms with E-state index in [0.717, 1.165) is 25.8 Å². The second kappa shape index (κ2) is 8.38. The molecule has 5 heteroatoms. The van der Waals surface area contributed by atoms with Gasteiger partial charge in [0.2, 0.25) is 0 Å². The topological polar surface area (TPSA) is 61.8 Å².